The van der Waals surface area contributed by atoms with E-state index in [1.54, 1.807) is 6.07 Å². The van der Waals surface area contributed by atoms with Gasteiger partial charge in [0.2, 0.25) is 5.75 Å². The molecule has 0 saturated heterocycles. The van der Waals surface area contributed by atoms with Crippen LogP contribution in [0.15, 0.2) is 30.3 Å². The summed E-state index contributed by atoms with van der Waals surface area (Å²) >= 11 is 0. The molecule has 0 saturated carbocycles. The molecule has 2 rings (SSSR count). The van der Waals surface area contributed by atoms with E-state index in [1.165, 1.54) is 27.4 Å². The number of methoxy groups -OCH3 is 3. The number of rotatable bonds is 8. The van der Waals surface area contributed by atoms with Crippen LogP contribution < -0.4 is 29.8 Å². The molecule has 0 aliphatic rings. The molecule has 2 aromatic carbocycles. The summed E-state index contributed by atoms with van der Waals surface area (Å²) in [6.45, 7) is 5.81. The molecule has 0 bridgehead atoms. The van der Waals surface area contributed by atoms with E-state index < -0.39 is 11.8 Å². The highest BCUT2D eigenvalue weighted by Crippen LogP contribution is 2.39. The zero-order chi connectivity index (χ0) is 22.3. The van der Waals surface area contributed by atoms with Crippen molar-refractivity contribution in [1.29, 1.82) is 0 Å². The van der Waals surface area contributed by atoms with Crippen LogP contribution in [-0.4, -0.2) is 39.8 Å². The average Bonchev–Trinajstić information content (AvgIpc) is 2.74. The van der Waals surface area contributed by atoms with Gasteiger partial charge < -0.3 is 18.9 Å². The minimum Gasteiger partial charge on any atom is -0.493 e. The summed E-state index contributed by atoms with van der Waals surface area (Å²) < 4.78 is 21.4. The van der Waals surface area contributed by atoms with Crippen molar-refractivity contribution in [2.75, 3.05) is 27.9 Å². The predicted molar refractivity (Wildman–Crippen MR) is 112 cm³/mol. The minimum atomic E-state index is -0.570. The van der Waals surface area contributed by atoms with Gasteiger partial charge in [0.15, 0.2) is 18.1 Å². The van der Waals surface area contributed by atoms with Crippen molar-refractivity contribution >= 4 is 11.8 Å². The van der Waals surface area contributed by atoms with Crippen molar-refractivity contribution in [3.8, 4) is 23.0 Å². The number of carbonyl (C=O) groups excluding carboxylic acids is 2. The molecule has 2 aromatic rings. The molecule has 0 aliphatic carbocycles. The van der Waals surface area contributed by atoms with Crippen LogP contribution in [0.4, 0.5) is 0 Å². The van der Waals surface area contributed by atoms with Gasteiger partial charge in [0.05, 0.1) is 26.9 Å². The molecule has 0 fully saturated rings. The van der Waals surface area contributed by atoms with E-state index in [-0.39, 0.29) is 29.6 Å². The summed E-state index contributed by atoms with van der Waals surface area (Å²) in [6, 6.07) is 8.96. The van der Waals surface area contributed by atoms with Crippen LogP contribution in [0, 0.1) is 6.92 Å². The van der Waals surface area contributed by atoms with Crippen LogP contribution in [0.25, 0.3) is 0 Å². The molecule has 0 aliphatic heterocycles. The number of nitrogens with one attached hydrogen (secondary N) is 2. The molecule has 0 heterocycles. The summed E-state index contributed by atoms with van der Waals surface area (Å²) in [5, 5.41) is 0. The summed E-state index contributed by atoms with van der Waals surface area (Å²) in [5.74, 6) is 0.721. The van der Waals surface area contributed by atoms with Crippen molar-refractivity contribution in [3.63, 3.8) is 0 Å². The monoisotopic (exact) mass is 416 g/mol. The van der Waals surface area contributed by atoms with Crippen molar-refractivity contribution in [3.05, 3.63) is 47.0 Å². The maximum Gasteiger partial charge on any atom is 0.276 e. The number of hydrazine groups is 1. The quantitative estimate of drug-likeness (QED) is 0.643. The van der Waals surface area contributed by atoms with Gasteiger partial charge in [-0.15, -0.1) is 0 Å². The second-order valence-corrected chi connectivity index (χ2v) is 6.87. The number of aryl methyl sites for hydroxylation is 1. The van der Waals surface area contributed by atoms with Crippen LogP contribution in [0.1, 0.15) is 41.3 Å². The molecule has 0 spiro atoms. The van der Waals surface area contributed by atoms with Crippen molar-refractivity contribution < 1.29 is 28.5 Å². The van der Waals surface area contributed by atoms with Gasteiger partial charge in [-0.1, -0.05) is 26.0 Å². The van der Waals surface area contributed by atoms with Gasteiger partial charge in [-0.05, 0) is 42.2 Å². The lowest BCUT2D eigenvalue weighted by Gasteiger charge is -2.16. The standard InChI is InChI=1S/C22H28N2O6/c1-13(2)15-8-7-14(3)11-18(15)30-12-19(25)23-24-22(26)16-9-10-17(27-4)21(29-6)20(16)28-5/h7-11,13H,12H2,1-6H3,(H,23,25)(H,24,26). The highest BCUT2D eigenvalue weighted by molar-refractivity contribution is 5.99. The lowest BCUT2D eigenvalue weighted by atomic mass is 10.0. The molecule has 8 heteroatoms. The average molecular weight is 416 g/mol. The highest BCUT2D eigenvalue weighted by Gasteiger charge is 2.21. The molecule has 162 valence electrons. The Labute approximate surface area is 176 Å². The first-order valence-electron chi connectivity index (χ1n) is 9.43. The molecule has 2 amide bonds. The largest absolute Gasteiger partial charge is 0.493 e. The van der Waals surface area contributed by atoms with Gasteiger partial charge in [0.25, 0.3) is 11.8 Å². The van der Waals surface area contributed by atoms with E-state index in [0.717, 1.165) is 11.1 Å². The van der Waals surface area contributed by atoms with Gasteiger partial charge in [-0.3, -0.25) is 20.4 Å². The van der Waals surface area contributed by atoms with E-state index in [0.29, 0.717) is 11.5 Å². The van der Waals surface area contributed by atoms with Gasteiger partial charge in [-0.2, -0.15) is 0 Å². The fraction of sp³-hybridized carbons (Fsp3) is 0.364. The van der Waals surface area contributed by atoms with E-state index in [4.69, 9.17) is 18.9 Å². The Morgan fingerprint density at radius 2 is 1.60 bits per heavy atom. The molecule has 0 atom stereocenters. The van der Waals surface area contributed by atoms with E-state index in [9.17, 15) is 9.59 Å². The Morgan fingerprint density at radius 3 is 2.20 bits per heavy atom. The normalized spacial score (nSPS) is 10.4. The van der Waals surface area contributed by atoms with E-state index in [1.807, 2.05) is 39.0 Å². The van der Waals surface area contributed by atoms with Crippen molar-refractivity contribution in [1.82, 2.24) is 10.9 Å². The first-order valence-corrected chi connectivity index (χ1v) is 9.43. The van der Waals surface area contributed by atoms with Gasteiger partial charge in [0, 0.05) is 0 Å². The number of ether oxygens (including phenoxy) is 4. The molecule has 30 heavy (non-hydrogen) atoms. The Morgan fingerprint density at radius 1 is 0.900 bits per heavy atom. The Hall–Kier alpha value is -3.42. The number of hydrogen-bond donors (Lipinski definition) is 2. The molecular weight excluding hydrogens is 388 g/mol. The maximum atomic E-state index is 12.5. The molecule has 8 nitrogen and oxygen atoms in total. The summed E-state index contributed by atoms with van der Waals surface area (Å²) in [6.07, 6.45) is 0. The maximum absolute atomic E-state index is 12.5. The second-order valence-electron chi connectivity index (χ2n) is 6.87. The van der Waals surface area contributed by atoms with Gasteiger partial charge in [-0.25, -0.2) is 0 Å². The van der Waals surface area contributed by atoms with Crippen LogP contribution in [-0.2, 0) is 4.79 Å². The fourth-order valence-electron chi connectivity index (χ4n) is 2.90. The first-order chi connectivity index (χ1) is 14.3. The Bertz CT molecular complexity index is 911. The predicted octanol–water partition coefficient (Wildman–Crippen LogP) is 2.98. The van der Waals surface area contributed by atoms with Crippen molar-refractivity contribution in [2.45, 2.75) is 26.7 Å². The summed E-state index contributed by atoms with van der Waals surface area (Å²) in [5.41, 5.74) is 6.91. The van der Waals surface area contributed by atoms with Gasteiger partial charge >= 0.3 is 0 Å². The van der Waals surface area contributed by atoms with E-state index >= 15 is 0 Å². The van der Waals surface area contributed by atoms with Crippen molar-refractivity contribution in [2.24, 2.45) is 0 Å². The Balaban J connectivity index is 2.02. The van der Waals surface area contributed by atoms with Crippen LogP contribution in [0.5, 0.6) is 23.0 Å². The van der Waals surface area contributed by atoms with Crippen LogP contribution in [0.2, 0.25) is 0 Å². The SMILES string of the molecule is COc1ccc(C(=O)NNC(=O)COc2cc(C)ccc2C(C)C)c(OC)c1OC. The Kier molecular flexibility index (Phi) is 7.91. The zero-order valence-corrected chi connectivity index (χ0v) is 18.1. The van der Waals surface area contributed by atoms with Crippen LogP contribution in [0.3, 0.4) is 0 Å². The lowest BCUT2D eigenvalue weighted by Crippen LogP contribution is -2.44. The second kappa shape index (κ2) is 10.4. The summed E-state index contributed by atoms with van der Waals surface area (Å²) in [4.78, 5) is 24.7. The van der Waals surface area contributed by atoms with Crippen LogP contribution >= 0.6 is 0 Å². The number of amides is 2. The smallest absolute Gasteiger partial charge is 0.276 e. The van der Waals surface area contributed by atoms with E-state index in [2.05, 4.69) is 10.9 Å². The number of carbonyl (C=O) groups is 2. The molecule has 0 aromatic heterocycles. The molecular formula is C22H28N2O6. The van der Waals surface area contributed by atoms with Gasteiger partial charge in [0.1, 0.15) is 5.75 Å². The lowest BCUT2D eigenvalue weighted by molar-refractivity contribution is -0.123. The number of hydrogen-bond acceptors (Lipinski definition) is 6. The molecule has 0 unspecified atom stereocenters. The zero-order valence-electron chi connectivity index (χ0n) is 18.1. The third-order valence-corrected chi connectivity index (χ3v) is 4.41. The first kappa shape index (κ1) is 22.9. The fourth-order valence-corrected chi connectivity index (χ4v) is 2.90. The molecule has 2 N–H and O–H groups in total. The minimum absolute atomic E-state index is 0.178. The topological polar surface area (TPSA) is 95.1 Å². The summed E-state index contributed by atoms with van der Waals surface area (Å²) in [7, 11) is 4.34. The third kappa shape index (κ3) is 5.34. The third-order valence-electron chi connectivity index (χ3n) is 4.41. The highest BCUT2D eigenvalue weighted by atomic mass is 16.5. The molecule has 0 radical (unpaired) electrons. The number of benzene rings is 2.